The Balaban J connectivity index is 1.19. The fraction of sp³-hybridized carbons (Fsp3) is 0.586. The predicted molar refractivity (Wildman–Crippen MR) is 142 cm³/mol. The molecule has 3 unspecified atom stereocenters. The number of sulfone groups is 1. The standard InChI is InChI=1S/C29H37N3O5S/c1-32(26-22-14-19-15-23(26)18-29(34,16-19)17-22)27(33)20-5-7-24(8-6-20)37-28(21-9-12-30-13-10-21)38(35,36)25-4-2-3-11-31-25/h2-8,11,19,21-23,26,28,30,34H,9-10,12-18H2,1H3. The molecule has 1 aromatic carbocycles. The predicted octanol–water partition coefficient (Wildman–Crippen LogP) is 3.27. The minimum Gasteiger partial charge on any atom is -0.474 e. The lowest BCUT2D eigenvalue weighted by molar-refractivity contribution is -0.152. The van der Waals surface area contributed by atoms with Crippen LogP contribution in [0, 0.1) is 23.7 Å². The highest BCUT2D eigenvalue weighted by atomic mass is 32.2. The molecule has 4 saturated carbocycles. The topological polar surface area (TPSA) is 109 Å². The van der Waals surface area contributed by atoms with Crippen LogP contribution in [0.15, 0.2) is 53.7 Å². The molecule has 5 fully saturated rings. The Kier molecular flexibility index (Phi) is 6.73. The van der Waals surface area contributed by atoms with Crippen molar-refractivity contribution in [3.8, 4) is 5.75 Å². The lowest BCUT2D eigenvalue weighted by Crippen LogP contribution is -2.61. The Labute approximate surface area is 224 Å². The van der Waals surface area contributed by atoms with Crippen LogP contribution < -0.4 is 10.1 Å². The number of amides is 1. The van der Waals surface area contributed by atoms with Gasteiger partial charge < -0.3 is 20.1 Å². The fourth-order valence-corrected chi connectivity index (χ4v) is 9.63. The highest BCUT2D eigenvalue weighted by molar-refractivity contribution is 7.91. The molecule has 4 bridgehead atoms. The smallest absolute Gasteiger partial charge is 0.253 e. The zero-order valence-corrected chi connectivity index (χ0v) is 22.6. The van der Waals surface area contributed by atoms with Crippen LogP contribution in [0.5, 0.6) is 5.75 Å². The van der Waals surface area contributed by atoms with Crippen molar-refractivity contribution in [2.24, 2.45) is 23.7 Å². The van der Waals surface area contributed by atoms with E-state index in [-0.39, 0.29) is 22.9 Å². The number of nitrogens with one attached hydrogen (secondary N) is 1. The molecule has 7 rings (SSSR count). The van der Waals surface area contributed by atoms with Gasteiger partial charge in [-0.3, -0.25) is 4.79 Å². The number of aliphatic hydroxyl groups is 1. The molecule has 2 aromatic rings. The van der Waals surface area contributed by atoms with Crippen molar-refractivity contribution in [1.82, 2.24) is 15.2 Å². The lowest BCUT2D eigenvalue weighted by Gasteiger charge is -2.59. The monoisotopic (exact) mass is 539 g/mol. The first kappa shape index (κ1) is 25.8. The van der Waals surface area contributed by atoms with E-state index in [1.54, 1.807) is 36.4 Å². The van der Waals surface area contributed by atoms with Gasteiger partial charge in [0.25, 0.3) is 5.91 Å². The number of nitrogens with zero attached hydrogens (tertiary/aromatic N) is 2. The van der Waals surface area contributed by atoms with Gasteiger partial charge >= 0.3 is 0 Å². The van der Waals surface area contributed by atoms with Gasteiger partial charge in [-0.2, -0.15) is 0 Å². The SMILES string of the molecule is CN(C(=O)c1ccc(OC(C2CCNCC2)S(=O)(=O)c2ccccn2)cc1)C1C2CC3CC1CC(O)(C3)C2. The summed E-state index contributed by atoms with van der Waals surface area (Å²) in [4.78, 5) is 19.5. The molecule has 0 spiro atoms. The van der Waals surface area contributed by atoms with Crippen molar-refractivity contribution in [2.45, 2.75) is 67.1 Å². The van der Waals surface area contributed by atoms with E-state index in [0.717, 1.165) is 45.2 Å². The van der Waals surface area contributed by atoms with E-state index in [9.17, 15) is 18.3 Å². The number of ether oxygens (including phenoxy) is 1. The summed E-state index contributed by atoms with van der Waals surface area (Å²) < 4.78 is 33.2. The highest BCUT2D eigenvalue weighted by Gasteiger charge is 2.56. The molecule has 4 aliphatic carbocycles. The third-order valence-electron chi connectivity index (χ3n) is 9.32. The zero-order chi connectivity index (χ0) is 26.5. The Morgan fingerprint density at radius 1 is 1.08 bits per heavy atom. The Morgan fingerprint density at radius 3 is 2.37 bits per heavy atom. The molecule has 1 aliphatic heterocycles. The first-order chi connectivity index (χ1) is 18.2. The molecule has 204 valence electrons. The maximum Gasteiger partial charge on any atom is 0.253 e. The molecule has 1 saturated heterocycles. The second kappa shape index (κ2) is 9.92. The van der Waals surface area contributed by atoms with Crippen molar-refractivity contribution in [3.63, 3.8) is 0 Å². The summed E-state index contributed by atoms with van der Waals surface area (Å²) in [5, 5.41) is 14.2. The molecule has 5 aliphatic rings. The molecule has 1 amide bonds. The van der Waals surface area contributed by atoms with Crippen LogP contribution in [0.1, 0.15) is 55.3 Å². The quantitative estimate of drug-likeness (QED) is 0.556. The maximum atomic E-state index is 13.5. The molecule has 8 nitrogen and oxygen atoms in total. The molecule has 2 N–H and O–H groups in total. The normalized spacial score (nSPS) is 31.6. The Hall–Kier alpha value is -2.49. The van der Waals surface area contributed by atoms with Gasteiger partial charge in [0.15, 0.2) is 5.03 Å². The van der Waals surface area contributed by atoms with E-state index >= 15 is 0 Å². The summed E-state index contributed by atoms with van der Waals surface area (Å²) in [7, 11) is -1.94. The average Bonchev–Trinajstić information content (AvgIpc) is 2.91. The van der Waals surface area contributed by atoms with Crippen molar-refractivity contribution >= 4 is 15.7 Å². The van der Waals surface area contributed by atoms with Crippen LogP contribution in [0.3, 0.4) is 0 Å². The van der Waals surface area contributed by atoms with Gasteiger partial charge in [0.2, 0.25) is 15.3 Å². The molecule has 3 atom stereocenters. The summed E-state index contributed by atoms with van der Waals surface area (Å²) >= 11 is 0. The second-order valence-corrected chi connectivity index (χ2v) is 13.9. The molecule has 2 heterocycles. The molecule has 0 radical (unpaired) electrons. The number of carbonyl (C=O) groups is 1. The lowest BCUT2D eigenvalue weighted by atomic mass is 9.52. The second-order valence-electron chi connectivity index (χ2n) is 11.9. The zero-order valence-electron chi connectivity index (χ0n) is 21.8. The highest BCUT2D eigenvalue weighted by Crippen LogP contribution is 2.56. The minimum atomic E-state index is -3.82. The summed E-state index contributed by atoms with van der Waals surface area (Å²) in [6.07, 6.45) is 7.55. The number of hydrogen-bond donors (Lipinski definition) is 2. The number of carbonyl (C=O) groups excluding carboxylic acids is 1. The van der Waals surface area contributed by atoms with Gasteiger partial charge in [0.1, 0.15) is 5.75 Å². The van der Waals surface area contributed by atoms with Crippen LogP contribution in [-0.2, 0) is 9.84 Å². The third kappa shape index (κ3) is 4.73. The number of aromatic nitrogens is 1. The fourth-order valence-electron chi connectivity index (χ4n) is 7.90. The summed E-state index contributed by atoms with van der Waals surface area (Å²) in [6, 6.07) is 11.9. The number of pyridine rings is 1. The number of piperidine rings is 1. The number of benzene rings is 1. The summed E-state index contributed by atoms with van der Waals surface area (Å²) in [5.41, 5.74) is -1.03. The van der Waals surface area contributed by atoms with Gasteiger partial charge in [-0.25, -0.2) is 13.4 Å². The van der Waals surface area contributed by atoms with Crippen molar-refractivity contribution in [3.05, 3.63) is 54.2 Å². The third-order valence-corrected chi connectivity index (χ3v) is 11.2. The van der Waals surface area contributed by atoms with Crippen LogP contribution in [0.4, 0.5) is 0 Å². The molecular formula is C29H37N3O5S. The maximum absolute atomic E-state index is 13.5. The summed E-state index contributed by atoms with van der Waals surface area (Å²) in [6.45, 7) is 1.48. The van der Waals surface area contributed by atoms with E-state index in [2.05, 4.69) is 10.3 Å². The molecule has 38 heavy (non-hydrogen) atoms. The summed E-state index contributed by atoms with van der Waals surface area (Å²) in [5.74, 6) is 1.50. The Morgan fingerprint density at radius 2 is 1.76 bits per heavy atom. The average molecular weight is 540 g/mol. The molecule has 1 aromatic heterocycles. The van der Waals surface area contributed by atoms with Gasteiger partial charge in [0.05, 0.1) is 5.60 Å². The first-order valence-electron chi connectivity index (χ1n) is 13.9. The van der Waals surface area contributed by atoms with Gasteiger partial charge in [-0.1, -0.05) is 6.07 Å². The van der Waals surface area contributed by atoms with Crippen LogP contribution in [-0.4, -0.2) is 66.5 Å². The van der Waals surface area contributed by atoms with Crippen LogP contribution in [0.2, 0.25) is 0 Å². The van der Waals surface area contributed by atoms with Crippen molar-refractivity contribution < 1.29 is 23.1 Å². The van der Waals surface area contributed by atoms with Crippen molar-refractivity contribution in [1.29, 1.82) is 0 Å². The number of rotatable bonds is 7. The van der Waals surface area contributed by atoms with E-state index in [4.69, 9.17) is 4.74 Å². The van der Waals surface area contributed by atoms with Crippen molar-refractivity contribution in [2.75, 3.05) is 20.1 Å². The largest absolute Gasteiger partial charge is 0.474 e. The van der Waals surface area contributed by atoms with E-state index in [1.807, 2.05) is 11.9 Å². The van der Waals surface area contributed by atoms with Gasteiger partial charge in [-0.15, -0.1) is 0 Å². The first-order valence-corrected chi connectivity index (χ1v) is 15.4. The Bertz CT molecular complexity index is 1250. The molecule has 9 heteroatoms. The van der Waals surface area contributed by atoms with Gasteiger partial charge in [-0.05, 0) is 112 Å². The van der Waals surface area contributed by atoms with Crippen LogP contribution >= 0.6 is 0 Å². The number of hydrogen-bond acceptors (Lipinski definition) is 7. The molecular weight excluding hydrogens is 502 g/mol. The van der Waals surface area contributed by atoms with Gasteiger partial charge in [0, 0.05) is 30.8 Å². The van der Waals surface area contributed by atoms with E-state index in [1.165, 1.54) is 12.3 Å². The van der Waals surface area contributed by atoms with E-state index in [0.29, 0.717) is 41.9 Å². The van der Waals surface area contributed by atoms with Crippen LogP contribution in [0.25, 0.3) is 0 Å². The minimum absolute atomic E-state index is 0.0114. The van der Waals surface area contributed by atoms with E-state index < -0.39 is 20.9 Å².